The molecule has 0 aliphatic rings. The number of hydrogen-bond donors (Lipinski definition) is 3. The average Bonchev–Trinajstić information content (AvgIpc) is 0.908. The van der Waals surface area contributed by atoms with Crippen molar-refractivity contribution in [2.75, 3.05) is 39.6 Å². The second-order valence-corrected chi connectivity index (χ2v) is 28.8. The number of hydrogen-bond acceptors (Lipinski definition) is 15. The van der Waals surface area contributed by atoms with Crippen LogP contribution in [0.2, 0.25) is 0 Å². The van der Waals surface area contributed by atoms with Gasteiger partial charge in [0.1, 0.15) is 19.3 Å². The first kappa shape index (κ1) is 97.2. The number of phosphoric acid groups is 2. The van der Waals surface area contributed by atoms with Gasteiger partial charge in [-0.1, -0.05) is 283 Å². The van der Waals surface area contributed by atoms with E-state index in [2.05, 4.69) is 161 Å². The molecule has 584 valence electrons. The standard InChI is InChI=1S/C83H140O17P2/c1-5-9-13-17-21-25-29-33-36-37-38-39-42-45-48-52-56-60-64-68-81(86)94-73-78(99-82(87)69-65-61-57-53-49-43-32-28-24-20-16-12-8-4)75-97-101(89,90)95-71-77(84)72-96-102(91,92)98-76-79(100-83(88)70-66-62-58-54-50-46-41-35-31-27-23-19-15-11-7-3)74-93-80(85)67-63-59-55-51-47-44-40-34-30-26-22-18-14-10-6-2/h9-11,13-15,21-23,25-27,33-36,38-41,47,51,77-79,84H,5-8,12,16-20,24,28-32,37,42-46,48-50,52-76H2,1-4H3,(H,89,90)(H,91,92)/b13-9-,14-10-,15-11-,25-21-,26-22-,27-23-,36-33-,39-38-,40-34-,41-35-,51-47-. The van der Waals surface area contributed by atoms with E-state index in [1.807, 2.05) is 0 Å². The molecule has 3 N–H and O–H groups in total. The first-order valence-corrected chi connectivity index (χ1v) is 42.4. The van der Waals surface area contributed by atoms with Crippen molar-refractivity contribution in [2.24, 2.45) is 0 Å². The molecule has 0 rings (SSSR count). The molecule has 102 heavy (non-hydrogen) atoms. The second-order valence-electron chi connectivity index (χ2n) is 25.9. The van der Waals surface area contributed by atoms with E-state index in [1.54, 1.807) is 0 Å². The van der Waals surface area contributed by atoms with Crippen molar-refractivity contribution < 1.29 is 80.2 Å². The molecule has 0 heterocycles. The molecule has 0 saturated carbocycles. The van der Waals surface area contributed by atoms with Gasteiger partial charge in [0.05, 0.1) is 26.4 Å². The lowest BCUT2D eigenvalue weighted by Gasteiger charge is -2.21. The zero-order valence-electron chi connectivity index (χ0n) is 63.7. The summed E-state index contributed by atoms with van der Waals surface area (Å²) in [6.07, 6.45) is 82.9. The third-order valence-electron chi connectivity index (χ3n) is 16.1. The highest BCUT2D eigenvalue weighted by Gasteiger charge is 2.30. The highest BCUT2D eigenvalue weighted by Crippen LogP contribution is 2.45. The quantitative estimate of drug-likeness (QED) is 0.0169. The maximum Gasteiger partial charge on any atom is 0.472 e. The molecule has 5 unspecified atom stereocenters. The van der Waals surface area contributed by atoms with Crippen LogP contribution in [0.15, 0.2) is 134 Å². The predicted octanol–water partition coefficient (Wildman–Crippen LogP) is 22.9. The van der Waals surface area contributed by atoms with Crippen LogP contribution >= 0.6 is 15.6 Å². The summed E-state index contributed by atoms with van der Waals surface area (Å²) in [5.41, 5.74) is 0. The zero-order valence-corrected chi connectivity index (χ0v) is 65.5. The molecular formula is C83H140O17P2. The summed E-state index contributed by atoms with van der Waals surface area (Å²) < 4.78 is 68.5. The van der Waals surface area contributed by atoms with Crippen LogP contribution in [0.5, 0.6) is 0 Å². The van der Waals surface area contributed by atoms with E-state index >= 15 is 0 Å². The fourth-order valence-corrected chi connectivity index (χ4v) is 11.8. The summed E-state index contributed by atoms with van der Waals surface area (Å²) in [5, 5.41) is 10.6. The maximum absolute atomic E-state index is 13.1. The van der Waals surface area contributed by atoms with Gasteiger partial charge in [-0.2, -0.15) is 0 Å². The lowest BCUT2D eigenvalue weighted by atomic mass is 10.0. The minimum absolute atomic E-state index is 0.0635. The topological polar surface area (TPSA) is 237 Å². The molecule has 0 bridgehead atoms. The fourth-order valence-electron chi connectivity index (χ4n) is 10.2. The van der Waals surface area contributed by atoms with Crippen molar-refractivity contribution in [2.45, 2.75) is 329 Å². The molecule has 5 atom stereocenters. The van der Waals surface area contributed by atoms with Crippen molar-refractivity contribution in [3.05, 3.63) is 134 Å². The second kappa shape index (κ2) is 74.5. The van der Waals surface area contributed by atoms with Gasteiger partial charge in [0.15, 0.2) is 12.2 Å². The van der Waals surface area contributed by atoms with Crippen molar-refractivity contribution in [3.8, 4) is 0 Å². The number of carbonyl (C=O) groups excluding carboxylic acids is 4. The minimum Gasteiger partial charge on any atom is -0.462 e. The molecule has 0 radical (unpaired) electrons. The summed E-state index contributed by atoms with van der Waals surface area (Å²) in [6.45, 7) is 4.46. The monoisotopic (exact) mass is 1470 g/mol. The Labute approximate surface area is 618 Å². The lowest BCUT2D eigenvalue weighted by Crippen LogP contribution is -2.30. The smallest absolute Gasteiger partial charge is 0.462 e. The van der Waals surface area contributed by atoms with Gasteiger partial charge in [-0.05, 0) is 135 Å². The average molecular weight is 1470 g/mol. The van der Waals surface area contributed by atoms with Crippen molar-refractivity contribution in [1.29, 1.82) is 0 Å². The SMILES string of the molecule is CC/C=C\C/C=C\C/C=C\C/C=C\CCCCCCCCC(=O)OCC(COP(=O)(O)OCC(O)COP(=O)(O)OCC(COC(=O)CCCC/C=C\C/C=C\C/C=C\C/C=C\CC)OC(=O)CCCCCCC/C=C\C/C=C\C/C=C\CC)OC(=O)CCCCCCCCCCCCCCC. The number of unbranched alkanes of at least 4 members (excludes halogenated alkanes) is 25. The van der Waals surface area contributed by atoms with Gasteiger partial charge < -0.3 is 33.8 Å². The van der Waals surface area contributed by atoms with E-state index in [-0.39, 0.29) is 25.7 Å². The van der Waals surface area contributed by atoms with Gasteiger partial charge in [0.2, 0.25) is 0 Å². The molecule has 19 heteroatoms. The van der Waals surface area contributed by atoms with Gasteiger partial charge in [-0.15, -0.1) is 0 Å². The largest absolute Gasteiger partial charge is 0.472 e. The molecular weight excluding hydrogens is 1330 g/mol. The van der Waals surface area contributed by atoms with Crippen LogP contribution in [-0.4, -0.2) is 96.7 Å². The first-order valence-electron chi connectivity index (χ1n) is 39.4. The molecule has 0 spiro atoms. The fraction of sp³-hybridized carbons (Fsp3) is 0.687. The van der Waals surface area contributed by atoms with Crippen LogP contribution in [0.4, 0.5) is 0 Å². The van der Waals surface area contributed by atoms with Gasteiger partial charge in [-0.25, -0.2) is 9.13 Å². The number of phosphoric ester groups is 2. The Bertz CT molecular complexity index is 2460. The molecule has 0 aromatic rings. The molecule has 0 aromatic carbocycles. The van der Waals surface area contributed by atoms with E-state index in [9.17, 15) is 43.2 Å². The normalized spacial score (nSPS) is 14.6. The summed E-state index contributed by atoms with van der Waals surface area (Å²) >= 11 is 0. The Kier molecular flexibility index (Phi) is 71.0. The van der Waals surface area contributed by atoms with Crippen LogP contribution < -0.4 is 0 Å². The van der Waals surface area contributed by atoms with E-state index in [1.165, 1.54) is 51.4 Å². The molecule has 0 aliphatic heterocycles. The highest BCUT2D eigenvalue weighted by atomic mass is 31.2. The molecule has 0 aromatic heterocycles. The highest BCUT2D eigenvalue weighted by molar-refractivity contribution is 7.47. The van der Waals surface area contributed by atoms with Crippen molar-refractivity contribution in [1.82, 2.24) is 0 Å². The zero-order chi connectivity index (χ0) is 74.6. The van der Waals surface area contributed by atoms with E-state index in [0.29, 0.717) is 25.7 Å². The van der Waals surface area contributed by atoms with Crippen molar-refractivity contribution >= 4 is 39.5 Å². The van der Waals surface area contributed by atoms with Crippen LogP contribution in [0.25, 0.3) is 0 Å². The number of aliphatic hydroxyl groups excluding tert-OH is 1. The predicted molar refractivity (Wildman–Crippen MR) is 418 cm³/mol. The lowest BCUT2D eigenvalue weighted by molar-refractivity contribution is -0.161. The summed E-state index contributed by atoms with van der Waals surface area (Å²) in [7, 11) is -9.98. The molecule has 0 amide bonds. The van der Waals surface area contributed by atoms with E-state index in [4.69, 9.17) is 37.0 Å². The number of esters is 4. The van der Waals surface area contributed by atoms with Crippen LogP contribution in [0.1, 0.15) is 310 Å². The number of carbonyl (C=O) groups is 4. The number of allylic oxidation sites excluding steroid dienone is 22. The Morgan fingerprint density at radius 3 is 0.804 bits per heavy atom. The Morgan fingerprint density at radius 2 is 0.510 bits per heavy atom. The Balaban J connectivity index is 5.39. The minimum atomic E-state index is -4.99. The third kappa shape index (κ3) is 73.5. The summed E-state index contributed by atoms with van der Waals surface area (Å²) in [4.78, 5) is 73.0. The van der Waals surface area contributed by atoms with E-state index < -0.39 is 97.5 Å². The molecule has 17 nitrogen and oxygen atoms in total. The molecule has 0 saturated heterocycles. The Morgan fingerprint density at radius 1 is 0.284 bits per heavy atom. The molecule has 0 fully saturated rings. The van der Waals surface area contributed by atoms with Gasteiger partial charge >= 0.3 is 39.5 Å². The van der Waals surface area contributed by atoms with Gasteiger partial charge in [0.25, 0.3) is 0 Å². The van der Waals surface area contributed by atoms with E-state index in [0.717, 1.165) is 180 Å². The number of ether oxygens (including phenoxy) is 4. The van der Waals surface area contributed by atoms with Gasteiger partial charge in [0, 0.05) is 25.7 Å². The number of aliphatic hydroxyl groups is 1. The first-order chi connectivity index (χ1) is 49.7. The van der Waals surface area contributed by atoms with Crippen LogP contribution in [0.3, 0.4) is 0 Å². The maximum atomic E-state index is 13.1. The summed E-state index contributed by atoms with van der Waals surface area (Å²) in [6, 6.07) is 0. The van der Waals surface area contributed by atoms with Gasteiger partial charge in [-0.3, -0.25) is 37.3 Å². The van der Waals surface area contributed by atoms with Crippen molar-refractivity contribution in [3.63, 3.8) is 0 Å². The number of rotatable bonds is 73. The third-order valence-corrected chi connectivity index (χ3v) is 18.0. The summed E-state index contributed by atoms with van der Waals surface area (Å²) in [5.74, 6) is -2.25. The molecule has 0 aliphatic carbocycles. The van der Waals surface area contributed by atoms with Crippen LogP contribution in [0, 0.1) is 0 Å². The van der Waals surface area contributed by atoms with Crippen LogP contribution in [-0.2, 0) is 65.4 Å². The Hall–Kier alpha value is -4.80.